The number of carbonyl (C=O) groups excluding carboxylic acids is 1. The van der Waals surface area contributed by atoms with Gasteiger partial charge in [-0.1, -0.05) is 24.6 Å². The monoisotopic (exact) mass is 462 g/mol. The third kappa shape index (κ3) is 5.58. The first-order valence-corrected chi connectivity index (χ1v) is 10.9. The van der Waals surface area contributed by atoms with Gasteiger partial charge in [0.1, 0.15) is 0 Å². The van der Waals surface area contributed by atoms with Gasteiger partial charge in [0.05, 0.1) is 30.6 Å². The fraction of sp³-hybridized carbons (Fsp3) is 0.364. The minimum atomic E-state index is -0.349. The Morgan fingerprint density at radius 1 is 1.10 bits per heavy atom. The quantitative estimate of drug-likeness (QED) is 0.635. The van der Waals surface area contributed by atoms with Gasteiger partial charge in [-0.2, -0.15) is 0 Å². The standard InChI is InChI=1S/C22H27ClN4O3S/c1-4-26-10-12-27(13-11-26)20-16(23)6-5-7-17(20)24-22(31)25-21(28)15-8-9-18(29-2)19(14-15)30-3/h5-9,14H,4,10-13H2,1-3H3,(H2,24,25,28,31). The van der Waals surface area contributed by atoms with E-state index in [0.29, 0.717) is 22.1 Å². The molecule has 0 unspecified atom stereocenters. The highest BCUT2D eigenvalue weighted by molar-refractivity contribution is 7.80. The Labute approximate surface area is 193 Å². The summed E-state index contributed by atoms with van der Waals surface area (Å²) in [7, 11) is 3.06. The van der Waals surface area contributed by atoms with Gasteiger partial charge < -0.3 is 24.6 Å². The number of ether oxygens (including phenoxy) is 2. The number of hydrogen-bond donors (Lipinski definition) is 2. The van der Waals surface area contributed by atoms with Crippen LogP contribution in [0, 0.1) is 0 Å². The second-order valence-corrected chi connectivity index (χ2v) is 7.85. The normalized spacial score (nSPS) is 14.1. The van der Waals surface area contributed by atoms with Gasteiger partial charge in [0, 0.05) is 31.7 Å². The molecule has 9 heteroatoms. The van der Waals surface area contributed by atoms with Gasteiger partial charge in [-0.3, -0.25) is 10.1 Å². The lowest BCUT2D eigenvalue weighted by molar-refractivity contribution is 0.0977. The highest BCUT2D eigenvalue weighted by Crippen LogP contribution is 2.34. The average molecular weight is 463 g/mol. The van der Waals surface area contributed by atoms with Crippen molar-refractivity contribution in [3.63, 3.8) is 0 Å². The Balaban J connectivity index is 1.71. The number of amides is 1. The molecule has 2 N–H and O–H groups in total. The lowest BCUT2D eigenvalue weighted by Crippen LogP contribution is -2.46. The molecule has 3 rings (SSSR count). The topological polar surface area (TPSA) is 66.1 Å². The van der Waals surface area contributed by atoms with Gasteiger partial charge in [-0.25, -0.2) is 0 Å². The van der Waals surface area contributed by atoms with Crippen LogP contribution in [0.1, 0.15) is 17.3 Å². The second-order valence-electron chi connectivity index (χ2n) is 7.04. The number of carbonyl (C=O) groups is 1. The molecule has 1 aliphatic heterocycles. The van der Waals surface area contributed by atoms with Crippen molar-refractivity contribution < 1.29 is 14.3 Å². The van der Waals surface area contributed by atoms with Crippen molar-refractivity contribution in [1.82, 2.24) is 10.2 Å². The number of para-hydroxylation sites is 1. The molecule has 0 atom stereocenters. The summed E-state index contributed by atoms with van der Waals surface area (Å²) in [6.45, 7) is 6.89. The maximum absolute atomic E-state index is 12.7. The number of methoxy groups -OCH3 is 2. The van der Waals surface area contributed by atoms with Gasteiger partial charge in [0.15, 0.2) is 16.6 Å². The Hall–Kier alpha value is -2.55. The number of nitrogens with one attached hydrogen (secondary N) is 2. The zero-order valence-electron chi connectivity index (χ0n) is 17.9. The molecule has 1 heterocycles. The molecule has 1 fully saturated rings. The zero-order chi connectivity index (χ0) is 22.4. The molecular weight excluding hydrogens is 436 g/mol. The largest absolute Gasteiger partial charge is 0.493 e. The number of likely N-dealkylation sites (N-methyl/N-ethyl adjacent to an activating group) is 1. The molecule has 0 aliphatic carbocycles. The van der Waals surface area contributed by atoms with Crippen molar-refractivity contribution in [2.24, 2.45) is 0 Å². The van der Waals surface area contributed by atoms with E-state index in [1.165, 1.54) is 7.11 Å². The molecule has 0 bridgehead atoms. The number of rotatable bonds is 6. The van der Waals surface area contributed by atoms with E-state index in [1.54, 1.807) is 25.3 Å². The molecule has 2 aromatic carbocycles. The Morgan fingerprint density at radius 3 is 2.45 bits per heavy atom. The van der Waals surface area contributed by atoms with Gasteiger partial charge in [0.2, 0.25) is 0 Å². The van der Waals surface area contributed by atoms with Crippen molar-refractivity contribution in [2.75, 3.05) is 57.2 Å². The molecule has 0 spiro atoms. The lowest BCUT2D eigenvalue weighted by Gasteiger charge is -2.37. The van der Waals surface area contributed by atoms with Crippen LogP contribution in [0.2, 0.25) is 5.02 Å². The van der Waals surface area contributed by atoms with Crippen LogP contribution in [0.25, 0.3) is 0 Å². The molecular formula is C22H27ClN4O3S. The van der Waals surface area contributed by atoms with Crippen LogP contribution in [0.4, 0.5) is 11.4 Å². The van der Waals surface area contributed by atoms with E-state index in [9.17, 15) is 4.79 Å². The number of nitrogens with zero attached hydrogens (tertiary/aromatic N) is 2. The third-order valence-electron chi connectivity index (χ3n) is 5.24. The lowest BCUT2D eigenvalue weighted by atomic mass is 10.2. The van der Waals surface area contributed by atoms with E-state index in [-0.39, 0.29) is 11.0 Å². The summed E-state index contributed by atoms with van der Waals surface area (Å²) in [5, 5.41) is 6.68. The molecule has 0 saturated carbocycles. The highest BCUT2D eigenvalue weighted by Gasteiger charge is 2.21. The summed E-state index contributed by atoms with van der Waals surface area (Å²) in [5.41, 5.74) is 2.06. The molecule has 166 valence electrons. The second kappa shape index (κ2) is 10.7. The van der Waals surface area contributed by atoms with Crippen molar-refractivity contribution >= 4 is 46.2 Å². The maximum Gasteiger partial charge on any atom is 0.257 e. The maximum atomic E-state index is 12.7. The smallest absolute Gasteiger partial charge is 0.257 e. The molecule has 1 aliphatic rings. The first-order chi connectivity index (χ1) is 15.0. The summed E-state index contributed by atoms with van der Waals surface area (Å²) in [6.07, 6.45) is 0. The number of hydrogen-bond acceptors (Lipinski definition) is 6. The number of thiocarbonyl (C=S) groups is 1. The van der Waals surface area contributed by atoms with Crippen LogP contribution in [-0.4, -0.2) is 62.9 Å². The minimum Gasteiger partial charge on any atom is -0.493 e. The van der Waals surface area contributed by atoms with Crippen molar-refractivity contribution in [3.8, 4) is 11.5 Å². The fourth-order valence-corrected chi connectivity index (χ4v) is 4.03. The van der Waals surface area contributed by atoms with Crippen LogP contribution < -0.4 is 25.0 Å². The predicted octanol–water partition coefficient (Wildman–Crippen LogP) is 3.63. The molecule has 0 aromatic heterocycles. The van der Waals surface area contributed by atoms with Gasteiger partial charge in [0.25, 0.3) is 5.91 Å². The Morgan fingerprint density at radius 2 is 1.81 bits per heavy atom. The Bertz CT molecular complexity index is 948. The third-order valence-corrected chi connectivity index (χ3v) is 5.75. The van der Waals surface area contributed by atoms with Gasteiger partial charge in [-0.05, 0) is 49.1 Å². The number of piperazine rings is 1. The first kappa shape index (κ1) is 23.1. The van der Waals surface area contributed by atoms with Crippen molar-refractivity contribution in [2.45, 2.75) is 6.92 Å². The molecule has 2 aromatic rings. The average Bonchev–Trinajstić information content (AvgIpc) is 2.78. The van der Waals surface area contributed by atoms with E-state index in [2.05, 4.69) is 27.4 Å². The first-order valence-electron chi connectivity index (χ1n) is 10.1. The number of benzene rings is 2. The van der Waals surface area contributed by atoms with E-state index in [1.807, 2.05) is 18.2 Å². The van der Waals surface area contributed by atoms with E-state index < -0.39 is 0 Å². The van der Waals surface area contributed by atoms with Crippen LogP contribution >= 0.6 is 23.8 Å². The highest BCUT2D eigenvalue weighted by atomic mass is 35.5. The van der Waals surface area contributed by atoms with Gasteiger partial charge in [-0.15, -0.1) is 0 Å². The van der Waals surface area contributed by atoms with Crippen LogP contribution in [0.5, 0.6) is 11.5 Å². The number of anilines is 2. The summed E-state index contributed by atoms with van der Waals surface area (Å²) >= 11 is 11.9. The SMILES string of the molecule is CCN1CCN(c2c(Cl)cccc2NC(=S)NC(=O)c2ccc(OC)c(OC)c2)CC1. The molecule has 7 nitrogen and oxygen atoms in total. The van der Waals surface area contributed by atoms with Crippen LogP contribution in [-0.2, 0) is 0 Å². The fourth-order valence-electron chi connectivity index (χ4n) is 3.53. The summed E-state index contributed by atoms with van der Waals surface area (Å²) in [4.78, 5) is 17.3. The summed E-state index contributed by atoms with van der Waals surface area (Å²) in [5.74, 6) is 0.669. The summed E-state index contributed by atoms with van der Waals surface area (Å²) in [6, 6.07) is 10.6. The molecule has 0 radical (unpaired) electrons. The number of halogens is 1. The van der Waals surface area contributed by atoms with Gasteiger partial charge >= 0.3 is 0 Å². The summed E-state index contributed by atoms with van der Waals surface area (Å²) < 4.78 is 10.5. The van der Waals surface area contributed by atoms with Crippen molar-refractivity contribution in [1.29, 1.82) is 0 Å². The van der Waals surface area contributed by atoms with Crippen LogP contribution in [0.3, 0.4) is 0 Å². The van der Waals surface area contributed by atoms with E-state index in [0.717, 1.165) is 44.1 Å². The molecule has 1 saturated heterocycles. The predicted molar refractivity (Wildman–Crippen MR) is 129 cm³/mol. The zero-order valence-corrected chi connectivity index (χ0v) is 19.5. The molecule has 31 heavy (non-hydrogen) atoms. The van der Waals surface area contributed by atoms with Crippen LogP contribution in [0.15, 0.2) is 36.4 Å². The Kier molecular flexibility index (Phi) is 7.95. The minimum absolute atomic E-state index is 0.190. The molecule has 1 amide bonds. The van der Waals surface area contributed by atoms with E-state index in [4.69, 9.17) is 33.3 Å². The van der Waals surface area contributed by atoms with Crippen molar-refractivity contribution in [3.05, 3.63) is 47.0 Å². The van der Waals surface area contributed by atoms with E-state index >= 15 is 0 Å².